The molecule has 0 aromatic heterocycles. The Morgan fingerprint density at radius 2 is 2.00 bits per heavy atom. The number of hydrogen-bond acceptors (Lipinski definition) is 2. The fraction of sp³-hybridized carbons (Fsp3) is 0.455. The maximum Gasteiger partial charge on any atom is 0.0626 e. The van der Waals surface area contributed by atoms with E-state index in [0.717, 1.165) is 10.0 Å². The Hall–Kier alpha value is -0.380. The van der Waals surface area contributed by atoms with Crippen molar-refractivity contribution in [2.45, 2.75) is 24.9 Å². The molecule has 0 aliphatic heterocycles. The van der Waals surface area contributed by atoms with Gasteiger partial charge < -0.3 is 10.4 Å². The summed E-state index contributed by atoms with van der Waals surface area (Å²) in [7, 11) is 0. The number of aliphatic hydroxyl groups excluding tert-OH is 1. The van der Waals surface area contributed by atoms with E-state index in [2.05, 4.69) is 21.2 Å². The number of nitrogens with one attached hydrogen (secondary N) is 1. The van der Waals surface area contributed by atoms with Gasteiger partial charge in [0.2, 0.25) is 0 Å². The highest BCUT2D eigenvalue weighted by Gasteiger charge is 2.24. The molecule has 2 rings (SSSR count). The monoisotopic (exact) mass is 255 g/mol. The molecule has 3 heteroatoms. The van der Waals surface area contributed by atoms with Crippen molar-refractivity contribution in [3.63, 3.8) is 0 Å². The van der Waals surface area contributed by atoms with Gasteiger partial charge >= 0.3 is 0 Å². The number of halogens is 1. The van der Waals surface area contributed by atoms with E-state index in [4.69, 9.17) is 0 Å². The van der Waals surface area contributed by atoms with E-state index < -0.39 is 0 Å². The maximum atomic E-state index is 9.25. The van der Waals surface area contributed by atoms with E-state index in [9.17, 15) is 5.11 Å². The normalized spacial score (nSPS) is 18.1. The van der Waals surface area contributed by atoms with Crippen LogP contribution in [0.3, 0.4) is 0 Å². The molecule has 2 N–H and O–H groups in total. The van der Waals surface area contributed by atoms with Crippen molar-refractivity contribution in [2.75, 3.05) is 6.61 Å². The van der Waals surface area contributed by atoms with Gasteiger partial charge in [-0.3, -0.25) is 0 Å². The summed E-state index contributed by atoms with van der Waals surface area (Å²) in [5.41, 5.74) is 1.16. The zero-order valence-corrected chi connectivity index (χ0v) is 9.50. The van der Waals surface area contributed by atoms with Crippen molar-refractivity contribution in [3.05, 3.63) is 34.3 Å². The van der Waals surface area contributed by atoms with Gasteiger partial charge in [-0.15, -0.1) is 0 Å². The molecule has 1 unspecified atom stereocenters. The molecule has 0 radical (unpaired) electrons. The average molecular weight is 256 g/mol. The first-order valence-electron chi connectivity index (χ1n) is 4.92. The van der Waals surface area contributed by atoms with Gasteiger partial charge in [0, 0.05) is 10.5 Å². The van der Waals surface area contributed by atoms with Crippen LogP contribution < -0.4 is 5.32 Å². The third kappa shape index (κ3) is 2.56. The fourth-order valence-electron chi connectivity index (χ4n) is 1.48. The highest BCUT2D eigenvalue weighted by atomic mass is 79.9. The summed E-state index contributed by atoms with van der Waals surface area (Å²) in [5.74, 6) is 0. The quantitative estimate of drug-likeness (QED) is 0.865. The maximum absolute atomic E-state index is 9.25. The second-order valence-corrected chi connectivity index (χ2v) is 4.64. The zero-order chi connectivity index (χ0) is 9.97. The second-order valence-electron chi connectivity index (χ2n) is 3.73. The highest BCUT2D eigenvalue weighted by molar-refractivity contribution is 9.10. The van der Waals surface area contributed by atoms with Gasteiger partial charge in [-0.05, 0) is 30.5 Å². The number of benzene rings is 1. The van der Waals surface area contributed by atoms with Crippen LogP contribution in [0.4, 0.5) is 0 Å². The van der Waals surface area contributed by atoms with Crippen LogP contribution in [0.5, 0.6) is 0 Å². The van der Waals surface area contributed by atoms with Crippen LogP contribution >= 0.6 is 15.9 Å². The van der Waals surface area contributed by atoms with Gasteiger partial charge in [0.15, 0.2) is 0 Å². The molecule has 14 heavy (non-hydrogen) atoms. The molecule has 2 nitrogen and oxygen atoms in total. The van der Waals surface area contributed by atoms with Gasteiger partial charge in [0.05, 0.1) is 12.6 Å². The minimum atomic E-state index is 0.0931. The minimum Gasteiger partial charge on any atom is -0.394 e. The molecule has 1 fully saturated rings. The lowest BCUT2D eigenvalue weighted by atomic mass is 10.1. The minimum absolute atomic E-state index is 0.0931. The van der Waals surface area contributed by atoms with Crippen molar-refractivity contribution in [1.82, 2.24) is 5.32 Å². The Labute approximate surface area is 92.5 Å². The summed E-state index contributed by atoms with van der Waals surface area (Å²) in [6.45, 7) is 0.165. The number of rotatable bonds is 4. The van der Waals surface area contributed by atoms with Gasteiger partial charge in [-0.2, -0.15) is 0 Å². The molecular formula is C11H14BrNO. The fourth-order valence-corrected chi connectivity index (χ4v) is 1.75. The van der Waals surface area contributed by atoms with E-state index >= 15 is 0 Å². The van der Waals surface area contributed by atoms with E-state index in [1.807, 2.05) is 24.3 Å². The first-order chi connectivity index (χ1) is 6.79. The summed E-state index contributed by atoms with van der Waals surface area (Å²) in [4.78, 5) is 0. The first-order valence-corrected chi connectivity index (χ1v) is 5.71. The summed E-state index contributed by atoms with van der Waals surface area (Å²) in [6, 6.07) is 8.81. The molecule has 0 spiro atoms. The Balaban J connectivity index is 2.05. The van der Waals surface area contributed by atoms with Gasteiger partial charge in [0.25, 0.3) is 0 Å². The molecule has 1 aliphatic carbocycles. The molecule has 0 bridgehead atoms. The Morgan fingerprint density at radius 3 is 2.50 bits per heavy atom. The second kappa shape index (κ2) is 4.43. The van der Waals surface area contributed by atoms with Crippen LogP contribution in [-0.2, 0) is 0 Å². The van der Waals surface area contributed by atoms with Crippen LogP contribution in [0, 0.1) is 0 Å². The first kappa shape index (κ1) is 10.1. The van der Waals surface area contributed by atoms with Crippen molar-refractivity contribution in [3.8, 4) is 0 Å². The van der Waals surface area contributed by atoms with Crippen molar-refractivity contribution in [1.29, 1.82) is 0 Å². The van der Waals surface area contributed by atoms with E-state index in [1.54, 1.807) is 0 Å². The lowest BCUT2D eigenvalue weighted by Gasteiger charge is -2.16. The van der Waals surface area contributed by atoms with E-state index in [0.29, 0.717) is 6.04 Å². The molecule has 1 aromatic rings. The summed E-state index contributed by atoms with van der Waals surface area (Å²) in [5, 5.41) is 12.7. The molecule has 1 atom stereocenters. The summed E-state index contributed by atoms with van der Waals surface area (Å²) < 4.78 is 1.07. The van der Waals surface area contributed by atoms with Crippen LogP contribution in [0.1, 0.15) is 24.4 Å². The lowest BCUT2D eigenvalue weighted by molar-refractivity contribution is 0.243. The van der Waals surface area contributed by atoms with Crippen molar-refractivity contribution >= 4 is 15.9 Å². The molecule has 1 saturated carbocycles. The molecule has 1 aliphatic rings. The van der Waals surface area contributed by atoms with Gasteiger partial charge in [-0.25, -0.2) is 0 Å². The Morgan fingerprint density at radius 1 is 1.36 bits per heavy atom. The average Bonchev–Trinajstić information content (AvgIpc) is 3.00. The number of hydrogen-bond donors (Lipinski definition) is 2. The summed E-state index contributed by atoms with van der Waals surface area (Å²) in [6.07, 6.45) is 2.49. The molecule has 76 valence electrons. The van der Waals surface area contributed by atoms with Gasteiger partial charge in [-0.1, -0.05) is 28.1 Å². The molecule has 0 amide bonds. The lowest BCUT2D eigenvalue weighted by Crippen LogP contribution is -2.26. The standard InChI is InChI=1S/C11H14BrNO/c12-9-3-1-8(2-4-9)11(7-14)13-10-5-6-10/h1-4,10-11,13-14H,5-7H2. The summed E-state index contributed by atoms with van der Waals surface area (Å²) >= 11 is 3.40. The van der Waals surface area contributed by atoms with E-state index in [-0.39, 0.29) is 12.6 Å². The number of aliphatic hydroxyl groups is 1. The molecule has 0 saturated heterocycles. The highest BCUT2D eigenvalue weighted by Crippen LogP contribution is 2.24. The molecule has 0 heterocycles. The van der Waals surface area contributed by atoms with Crippen LogP contribution in [0.15, 0.2) is 28.7 Å². The zero-order valence-electron chi connectivity index (χ0n) is 7.91. The van der Waals surface area contributed by atoms with Crippen LogP contribution in [0.25, 0.3) is 0 Å². The molecule has 1 aromatic carbocycles. The van der Waals surface area contributed by atoms with Crippen LogP contribution in [0.2, 0.25) is 0 Å². The Kier molecular flexibility index (Phi) is 3.21. The smallest absolute Gasteiger partial charge is 0.0626 e. The predicted molar refractivity (Wildman–Crippen MR) is 60.1 cm³/mol. The predicted octanol–water partition coefficient (Wildman–Crippen LogP) is 2.23. The third-order valence-corrected chi connectivity index (χ3v) is 3.00. The largest absolute Gasteiger partial charge is 0.394 e. The van der Waals surface area contributed by atoms with Gasteiger partial charge in [0.1, 0.15) is 0 Å². The SMILES string of the molecule is OCC(NC1CC1)c1ccc(Br)cc1. The van der Waals surface area contributed by atoms with Crippen LogP contribution in [-0.4, -0.2) is 17.8 Å². The van der Waals surface area contributed by atoms with E-state index in [1.165, 1.54) is 12.8 Å². The topological polar surface area (TPSA) is 32.3 Å². The molecular weight excluding hydrogens is 242 g/mol. The van der Waals surface area contributed by atoms with Crippen molar-refractivity contribution in [2.24, 2.45) is 0 Å². The Bertz CT molecular complexity index is 295. The third-order valence-electron chi connectivity index (χ3n) is 2.47. The van der Waals surface area contributed by atoms with Crippen molar-refractivity contribution < 1.29 is 5.11 Å².